The lowest BCUT2D eigenvalue weighted by Gasteiger charge is -2.41. The van der Waals surface area contributed by atoms with Crippen LogP contribution in [0.25, 0.3) is 0 Å². The summed E-state index contributed by atoms with van der Waals surface area (Å²) < 4.78 is 38.6. The first-order chi connectivity index (χ1) is 12.9. The zero-order valence-electron chi connectivity index (χ0n) is 14.0. The van der Waals surface area contributed by atoms with Gasteiger partial charge in [-0.2, -0.15) is 13.2 Å². The number of pyridine rings is 1. The normalized spacial score (nSPS) is 16.9. The highest BCUT2D eigenvalue weighted by Crippen LogP contribution is 2.39. The molecule has 3 heterocycles. The number of ketones is 1. The van der Waals surface area contributed by atoms with E-state index in [1.807, 2.05) is 12.1 Å². The number of rotatable bonds is 4. The molecule has 4 rings (SSSR count). The Bertz CT molecular complexity index is 972. The summed E-state index contributed by atoms with van der Waals surface area (Å²) in [7, 11) is 0. The highest BCUT2D eigenvalue weighted by atomic mass is 32.1. The highest BCUT2D eigenvalue weighted by Gasteiger charge is 2.33. The van der Waals surface area contributed by atoms with Crippen LogP contribution in [0.4, 0.5) is 18.3 Å². The second-order valence-corrected chi connectivity index (χ2v) is 7.21. The summed E-state index contributed by atoms with van der Waals surface area (Å²) in [6.45, 7) is 0.810. The molecule has 0 spiro atoms. The molecule has 1 fully saturated rings. The number of hydrogen-bond donors (Lipinski definition) is 0. The fourth-order valence-electron chi connectivity index (χ4n) is 3.02. The van der Waals surface area contributed by atoms with E-state index in [9.17, 15) is 18.0 Å². The van der Waals surface area contributed by atoms with Crippen molar-refractivity contribution in [2.75, 3.05) is 11.4 Å². The molecule has 0 N–H and O–H groups in total. The minimum atomic E-state index is -4.48. The Morgan fingerprint density at radius 3 is 2.70 bits per heavy atom. The van der Waals surface area contributed by atoms with Crippen molar-refractivity contribution >= 4 is 22.3 Å². The van der Waals surface area contributed by atoms with Crippen molar-refractivity contribution in [1.29, 1.82) is 0 Å². The number of benzene rings is 1. The zero-order valence-corrected chi connectivity index (χ0v) is 14.8. The predicted octanol–water partition coefficient (Wildman–Crippen LogP) is 4.74. The number of thiazole rings is 1. The third kappa shape index (κ3) is 3.44. The Labute approximate surface area is 157 Å². The molecule has 0 saturated carbocycles. The van der Waals surface area contributed by atoms with Crippen LogP contribution >= 0.6 is 11.3 Å². The van der Waals surface area contributed by atoms with E-state index in [-0.39, 0.29) is 11.6 Å². The average Bonchev–Trinajstić information content (AvgIpc) is 3.10. The molecule has 27 heavy (non-hydrogen) atoms. The molecule has 1 aliphatic rings. The van der Waals surface area contributed by atoms with Crippen LogP contribution < -0.4 is 4.90 Å². The highest BCUT2D eigenvalue weighted by molar-refractivity contribution is 7.17. The van der Waals surface area contributed by atoms with Crippen molar-refractivity contribution in [3.63, 3.8) is 0 Å². The van der Waals surface area contributed by atoms with E-state index in [0.29, 0.717) is 10.0 Å². The maximum absolute atomic E-state index is 12.9. The van der Waals surface area contributed by atoms with E-state index < -0.39 is 17.5 Å². The second kappa shape index (κ2) is 6.77. The van der Waals surface area contributed by atoms with Crippen molar-refractivity contribution in [2.24, 2.45) is 0 Å². The van der Waals surface area contributed by atoms with E-state index in [0.717, 1.165) is 30.7 Å². The van der Waals surface area contributed by atoms with Gasteiger partial charge in [-0.15, -0.1) is 0 Å². The summed E-state index contributed by atoms with van der Waals surface area (Å²) in [5.74, 6) is -0.455. The van der Waals surface area contributed by atoms with Gasteiger partial charge in [0.25, 0.3) is 0 Å². The van der Waals surface area contributed by atoms with E-state index in [2.05, 4.69) is 14.9 Å². The van der Waals surface area contributed by atoms with Gasteiger partial charge in [-0.3, -0.25) is 9.78 Å². The molecule has 1 saturated heterocycles. The number of aromatic nitrogens is 2. The Kier molecular flexibility index (Phi) is 4.43. The summed E-state index contributed by atoms with van der Waals surface area (Å²) in [5, 5.41) is 0.686. The smallest absolute Gasteiger partial charge is 0.341 e. The molecule has 1 atom stereocenters. The molecule has 138 valence electrons. The molecule has 4 nitrogen and oxygen atoms in total. The van der Waals surface area contributed by atoms with Gasteiger partial charge in [-0.25, -0.2) is 4.98 Å². The number of alkyl halides is 3. The number of carbonyl (C=O) groups excluding carboxylic acids is 1. The van der Waals surface area contributed by atoms with Crippen molar-refractivity contribution in [3.05, 3.63) is 76.6 Å². The monoisotopic (exact) mass is 389 g/mol. The summed E-state index contributed by atoms with van der Waals surface area (Å²) >= 11 is 1.20. The SMILES string of the molecule is O=C(c1cccc(C(F)(F)F)c1)c1cnc(N2CC[C@H]2c2cccnc2)s1. The molecular weight excluding hydrogens is 375 g/mol. The average molecular weight is 389 g/mol. The van der Waals surface area contributed by atoms with Gasteiger partial charge in [-0.1, -0.05) is 29.5 Å². The Balaban J connectivity index is 1.55. The molecule has 1 aliphatic heterocycles. The summed E-state index contributed by atoms with van der Waals surface area (Å²) in [6, 6.07) is 8.48. The van der Waals surface area contributed by atoms with E-state index >= 15 is 0 Å². The van der Waals surface area contributed by atoms with E-state index in [4.69, 9.17) is 0 Å². The summed E-state index contributed by atoms with van der Waals surface area (Å²) in [6.07, 6.45) is 1.42. The van der Waals surface area contributed by atoms with Crippen molar-refractivity contribution in [1.82, 2.24) is 9.97 Å². The number of halogens is 3. The molecule has 0 aliphatic carbocycles. The largest absolute Gasteiger partial charge is 0.416 e. The fourth-order valence-corrected chi connectivity index (χ4v) is 3.97. The standard InChI is InChI=1S/C19H14F3N3OS/c20-19(21,22)14-5-1-3-12(9-14)17(26)16-11-24-18(27-16)25-8-6-15(25)13-4-2-7-23-10-13/h1-5,7,9-11,15H,6,8H2/t15-/m0/s1. The Morgan fingerprint density at radius 2 is 2.04 bits per heavy atom. The molecule has 3 aromatic rings. The van der Waals surface area contributed by atoms with Gasteiger partial charge in [0.2, 0.25) is 5.78 Å². The van der Waals surface area contributed by atoms with Gasteiger partial charge in [0, 0.05) is 24.5 Å². The van der Waals surface area contributed by atoms with Crippen molar-refractivity contribution < 1.29 is 18.0 Å². The van der Waals surface area contributed by atoms with Crippen LogP contribution in [-0.4, -0.2) is 22.3 Å². The molecule has 0 amide bonds. The number of carbonyl (C=O) groups is 1. The van der Waals surface area contributed by atoms with Crippen LogP contribution in [-0.2, 0) is 6.18 Å². The fraction of sp³-hybridized carbons (Fsp3) is 0.211. The molecule has 1 aromatic carbocycles. The van der Waals surface area contributed by atoms with Gasteiger partial charge < -0.3 is 4.90 Å². The van der Waals surface area contributed by atoms with Gasteiger partial charge in [-0.05, 0) is 30.2 Å². The third-order valence-corrected chi connectivity index (χ3v) is 5.54. The number of anilines is 1. The van der Waals surface area contributed by atoms with Crippen LogP contribution in [0.15, 0.2) is 55.0 Å². The lowest BCUT2D eigenvalue weighted by molar-refractivity contribution is -0.137. The van der Waals surface area contributed by atoms with Gasteiger partial charge in [0.05, 0.1) is 22.7 Å². The Morgan fingerprint density at radius 1 is 1.19 bits per heavy atom. The maximum atomic E-state index is 12.9. The number of nitrogens with zero attached hydrogens (tertiary/aromatic N) is 3. The molecule has 0 radical (unpaired) electrons. The minimum Gasteiger partial charge on any atom is -0.341 e. The Hall–Kier alpha value is -2.74. The van der Waals surface area contributed by atoms with Crippen molar-refractivity contribution in [3.8, 4) is 0 Å². The molecule has 2 aromatic heterocycles. The second-order valence-electron chi connectivity index (χ2n) is 6.20. The third-order valence-electron chi connectivity index (χ3n) is 4.50. The lowest BCUT2D eigenvalue weighted by atomic mass is 9.97. The molecule has 8 heteroatoms. The molecular formula is C19H14F3N3OS. The molecule has 0 unspecified atom stereocenters. The van der Waals surface area contributed by atoms with Gasteiger partial charge in [0.15, 0.2) is 5.13 Å². The van der Waals surface area contributed by atoms with Crippen LogP contribution in [0.2, 0.25) is 0 Å². The maximum Gasteiger partial charge on any atom is 0.416 e. The van der Waals surface area contributed by atoms with Gasteiger partial charge >= 0.3 is 6.18 Å². The minimum absolute atomic E-state index is 0.00689. The van der Waals surface area contributed by atoms with Gasteiger partial charge in [0.1, 0.15) is 0 Å². The molecule has 0 bridgehead atoms. The van der Waals surface area contributed by atoms with Crippen LogP contribution in [0.1, 0.15) is 38.8 Å². The van der Waals surface area contributed by atoms with Crippen molar-refractivity contribution in [2.45, 2.75) is 18.6 Å². The lowest BCUT2D eigenvalue weighted by Crippen LogP contribution is -2.40. The van der Waals surface area contributed by atoms with Crippen LogP contribution in [0, 0.1) is 0 Å². The topological polar surface area (TPSA) is 46.1 Å². The predicted molar refractivity (Wildman–Crippen MR) is 95.9 cm³/mol. The zero-order chi connectivity index (χ0) is 19.0. The van der Waals surface area contributed by atoms with Crippen LogP contribution in [0.3, 0.4) is 0 Å². The summed E-state index contributed by atoms with van der Waals surface area (Å²) in [5.41, 5.74) is 0.245. The van der Waals surface area contributed by atoms with Crippen LogP contribution in [0.5, 0.6) is 0 Å². The number of hydrogen-bond acceptors (Lipinski definition) is 5. The van der Waals surface area contributed by atoms with E-state index in [1.165, 1.54) is 29.7 Å². The summed E-state index contributed by atoms with van der Waals surface area (Å²) in [4.78, 5) is 23.4. The quantitative estimate of drug-likeness (QED) is 0.605. The first-order valence-electron chi connectivity index (χ1n) is 8.28. The van der Waals surface area contributed by atoms with E-state index in [1.54, 1.807) is 12.4 Å². The first-order valence-corrected chi connectivity index (χ1v) is 9.09. The first kappa shape index (κ1) is 17.7.